The zero-order valence-electron chi connectivity index (χ0n) is 15.7. The molecule has 1 aromatic heterocycles. The van der Waals surface area contributed by atoms with Gasteiger partial charge in [-0.2, -0.15) is 5.26 Å². The summed E-state index contributed by atoms with van der Waals surface area (Å²) in [7, 11) is 0. The van der Waals surface area contributed by atoms with E-state index in [1.807, 2.05) is 38.1 Å². The summed E-state index contributed by atoms with van der Waals surface area (Å²) in [5, 5.41) is 9.54. The molecule has 26 heavy (non-hydrogen) atoms. The van der Waals surface area contributed by atoms with Crippen LogP contribution in [-0.2, 0) is 4.74 Å². The van der Waals surface area contributed by atoms with Crippen molar-refractivity contribution in [2.75, 3.05) is 6.61 Å². The number of ketones is 1. The topological polar surface area (TPSA) is 83.0 Å². The summed E-state index contributed by atoms with van der Waals surface area (Å²) in [6.07, 6.45) is 1.57. The van der Waals surface area contributed by atoms with E-state index in [9.17, 15) is 14.9 Å². The lowest BCUT2D eigenvalue weighted by Gasteiger charge is -2.06. The third kappa shape index (κ3) is 3.75. The lowest BCUT2D eigenvalue weighted by molar-refractivity contribution is 0.0523. The maximum atomic E-state index is 13.0. The minimum Gasteiger partial charge on any atom is -0.462 e. The number of nitrogens with zero attached hydrogens (tertiary/aromatic N) is 1. The van der Waals surface area contributed by atoms with E-state index >= 15 is 0 Å². The van der Waals surface area contributed by atoms with Crippen molar-refractivity contribution < 1.29 is 14.3 Å². The third-order valence-electron chi connectivity index (χ3n) is 4.18. The first-order chi connectivity index (χ1) is 12.3. The van der Waals surface area contributed by atoms with E-state index in [0.29, 0.717) is 11.4 Å². The van der Waals surface area contributed by atoms with Crippen LogP contribution in [0.25, 0.3) is 6.08 Å². The maximum absolute atomic E-state index is 13.0. The van der Waals surface area contributed by atoms with Gasteiger partial charge in [-0.1, -0.05) is 23.8 Å². The van der Waals surface area contributed by atoms with Crippen molar-refractivity contribution in [1.82, 2.24) is 4.98 Å². The van der Waals surface area contributed by atoms with Crippen molar-refractivity contribution in [3.8, 4) is 6.07 Å². The normalized spacial score (nSPS) is 11.2. The molecular formula is C21H22N2O3. The maximum Gasteiger partial charge on any atom is 0.340 e. The molecule has 5 nitrogen and oxygen atoms in total. The molecule has 0 fully saturated rings. The van der Waals surface area contributed by atoms with Crippen LogP contribution in [0.3, 0.4) is 0 Å². The highest BCUT2D eigenvalue weighted by Crippen LogP contribution is 2.24. The number of rotatable bonds is 5. The van der Waals surface area contributed by atoms with Crippen LogP contribution >= 0.6 is 0 Å². The van der Waals surface area contributed by atoms with Crippen molar-refractivity contribution in [1.29, 1.82) is 5.26 Å². The molecule has 5 heteroatoms. The van der Waals surface area contributed by atoms with E-state index in [1.165, 1.54) is 0 Å². The summed E-state index contributed by atoms with van der Waals surface area (Å²) in [6, 6.07) is 7.81. The second-order valence-electron chi connectivity index (χ2n) is 6.20. The summed E-state index contributed by atoms with van der Waals surface area (Å²) in [5.74, 6) is -1.06. The monoisotopic (exact) mass is 350 g/mol. The molecule has 0 radical (unpaired) electrons. The van der Waals surface area contributed by atoms with Gasteiger partial charge in [0, 0.05) is 11.4 Å². The molecule has 1 aromatic carbocycles. The Hall–Kier alpha value is -3.13. The molecule has 2 rings (SSSR count). The average Bonchev–Trinajstić information content (AvgIpc) is 2.89. The Morgan fingerprint density at radius 3 is 2.42 bits per heavy atom. The van der Waals surface area contributed by atoms with E-state index in [-0.39, 0.29) is 23.3 Å². The Kier molecular flexibility index (Phi) is 5.78. The summed E-state index contributed by atoms with van der Waals surface area (Å²) >= 11 is 0. The van der Waals surface area contributed by atoms with E-state index in [4.69, 9.17) is 4.74 Å². The molecule has 1 heterocycles. The number of aryl methyl sites for hydroxylation is 4. The number of aromatic nitrogens is 1. The molecule has 0 aliphatic carbocycles. The lowest BCUT2D eigenvalue weighted by atomic mass is 9.96. The van der Waals surface area contributed by atoms with Gasteiger partial charge in [0.15, 0.2) is 0 Å². The van der Waals surface area contributed by atoms with E-state index in [1.54, 1.807) is 26.8 Å². The van der Waals surface area contributed by atoms with Crippen molar-refractivity contribution in [2.45, 2.75) is 34.6 Å². The van der Waals surface area contributed by atoms with Crippen LogP contribution in [0.15, 0.2) is 23.8 Å². The fourth-order valence-corrected chi connectivity index (χ4v) is 2.88. The van der Waals surface area contributed by atoms with Crippen molar-refractivity contribution in [3.05, 3.63) is 63.0 Å². The number of hydrogen-bond acceptors (Lipinski definition) is 4. The predicted octanol–water partition coefficient (Wildman–Crippen LogP) is 4.21. The number of nitrogens with one attached hydrogen (secondary N) is 1. The Labute approximate surface area is 153 Å². The molecule has 1 N–H and O–H groups in total. The minimum absolute atomic E-state index is 0.0219. The molecular weight excluding hydrogens is 328 g/mol. The molecule has 0 spiro atoms. The summed E-state index contributed by atoms with van der Waals surface area (Å²) in [4.78, 5) is 28.3. The third-order valence-corrected chi connectivity index (χ3v) is 4.18. The van der Waals surface area contributed by atoms with Crippen LogP contribution in [0.4, 0.5) is 0 Å². The number of carbonyl (C=O) groups excluding carboxylic acids is 2. The molecule has 2 aromatic rings. The lowest BCUT2D eigenvalue weighted by Crippen LogP contribution is -2.13. The number of allylic oxidation sites excluding steroid dienone is 1. The zero-order valence-corrected chi connectivity index (χ0v) is 15.7. The van der Waals surface area contributed by atoms with Crippen LogP contribution in [0.5, 0.6) is 0 Å². The van der Waals surface area contributed by atoms with Gasteiger partial charge in [-0.3, -0.25) is 4.79 Å². The van der Waals surface area contributed by atoms with Gasteiger partial charge in [0.05, 0.1) is 17.7 Å². The Balaban J connectivity index is 2.57. The van der Waals surface area contributed by atoms with E-state index in [0.717, 1.165) is 16.7 Å². The van der Waals surface area contributed by atoms with Crippen LogP contribution in [0, 0.1) is 39.0 Å². The van der Waals surface area contributed by atoms with E-state index < -0.39 is 11.8 Å². The largest absolute Gasteiger partial charge is 0.462 e. The summed E-state index contributed by atoms with van der Waals surface area (Å²) in [5.41, 5.74) is 4.25. The van der Waals surface area contributed by atoms with Crippen LogP contribution < -0.4 is 0 Å². The fraction of sp³-hybridized carbons (Fsp3) is 0.286. The Morgan fingerprint density at radius 2 is 1.81 bits per heavy atom. The molecule has 0 aliphatic heterocycles. The van der Waals surface area contributed by atoms with Crippen molar-refractivity contribution in [3.63, 3.8) is 0 Å². The quantitative estimate of drug-likeness (QED) is 0.379. The number of hydrogen-bond donors (Lipinski definition) is 1. The van der Waals surface area contributed by atoms with Crippen molar-refractivity contribution >= 4 is 17.8 Å². The molecule has 0 amide bonds. The van der Waals surface area contributed by atoms with Crippen molar-refractivity contribution in [2.24, 2.45) is 0 Å². The molecule has 0 bridgehead atoms. The highest BCUT2D eigenvalue weighted by atomic mass is 16.5. The second-order valence-corrected chi connectivity index (χ2v) is 6.20. The smallest absolute Gasteiger partial charge is 0.340 e. The number of aromatic amines is 1. The molecule has 0 aliphatic rings. The first-order valence-corrected chi connectivity index (χ1v) is 8.40. The predicted molar refractivity (Wildman–Crippen MR) is 100 cm³/mol. The Morgan fingerprint density at radius 1 is 1.15 bits per heavy atom. The molecule has 0 unspecified atom stereocenters. The zero-order chi connectivity index (χ0) is 19.4. The molecule has 0 saturated carbocycles. The number of nitriles is 1. The number of benzene rings is 1. The molecule has 134 valence electrons. The number of H-pyrrole nitrogens is 1. The van der Waals surface area contributed by atoms with Gasteiger partial charge in [0.25, 0.3) is 0 Å². The van der Waals surface area contributed by atoms with E-state index in [2.05, 4.69) is 4.98 Å². The van der Waals surface area contributed by atoms with Crippen LogP contribution in [0.2, 0.25) is 0 Å². The number of esters is 1. The summed E-state index contributed by atoms with van der Waals surface area (Å²) < 4.78 is 5.07. The minimum atomic E-state index is -0.568. The van der Waals surface area contributed by atoms with Gasteiger partial charge in [0.1, 0.15) is 11.6 Å². The van der Waals surface area contributed by atoms with Gasteiger partial charge in [-0.15, -0.1) is 0 Å². The first kappa shape index (κ1) is 19.2. The molecule has 0 atom stereocenters. The molecule has 0 saturated heterocycles. The fourth-order valence-electron chi connectivity index (χ4n) is 2.88. The number of Topliss-reactive ketones (excluding diaryl/α,β-unsaturated/α-hetero) is 1. The van der Waals surface area contributed by atoms with Gasteiger partial charge < -0.3 is 9.72 Å². The summed E-state index contributed by atoms with van der Waals surface area (Å²) in [6.45, 7) is 9.19. The van der Waals surface area contributed by atoms with Crippen LogP contribution in [0.1, 0.15) is 55.7 Å². The van der Waals surface area contributed by atoms with Crippen LogP contribution in [-0.4, -0.2) is 23.3 Å². The second kappa shape index (κ2) is 7.83. The highest BCUT2D eigenvalue weighted by Gasteiger charge is 2.27. The number of carbonyl (C=O) groups is 2. The highest BCUT2D eigenvalue weighted by molar-refractivity contribution is 6.19. The van der Waals surface area contributed by atoms with Gasteiger partial charge in [-0.25, -0.2) is 4.79 Å². The Bertz CT molecular complexity index is 943. The number of ether oxygens (including phenoxy) is 1. The first-order valence-electron chi connectivity index (χ1n) is 8.40. The average molecular weight is 350 g/mol. The standard InChI is InChI=1S/C21H22N2O3/c1-6-26-21(25)19-15(5)23-14(4)18(19)20(24)17(11-22)10-16-9-12(2)7-8-13(16)3/h7-10,23H,6H2,1-5H3. The van der Waals surface area contributed by atoms with Gasteiger partial charge in [0.2, 0.25) is 5.78 Å². The SMILES string of the molecule is CCOC(=O)c1c(C)[nH]c(C)c1C(=O)C(C#N)=Cc1cc(C)ccc1C. The van der Waals surface area contributed by atoms with Gasteiger partial charge >= 0.3 is 5.97 Å². The van der Waals surface area contributed by atoms with Gasteiger partial charge in [-0.05, 0) is 51.8 Å².